The summed E-state index contributed by atoms with van der Waals surface area (Å²) in [4.78, 5) is 30.9. The van der Waals surface area contributed by atoms with Crippen LogP contribution in [-0.4, -0.2) is 79.3 Å². The minimum atomic E-state index is -0.538. The predicted molar refractivity (Wildman–Crippen MR) is 124 cm³/mol. The molecule has 178 valence electrons. The molecule has 0 unspecified atom stereocenters. The second kappa shape index (κ2) is 10.1. The molecule has 2 aliphatic heterocycles. The number of nitrogens with one attached hydrogen (secondary N) is 1. The number of carbonyl (C=O) groups excluding carboxylic acids is 2. The highest BCUT2D eigenvalue weighted by molar-refractivity contribution is 5.95. The number of piperazine rings is 2. The standard InChI is InChI=1S/C24H37FN4O3/c1-17(2)12-20-16-29(7-6-26-20)22(30)18-13-19(25)15-21(14-18)27-8-10-28(11-9-27)23(31)32-24(3,4)5/h13-15,17,20,26H,6-12,16H2,1-5H3/t20-/m0/s1. The van der Waals surface area contributed by atoms with E-state index in [0.717, 1.165) is 13.0 Å². The first kappa shape index (κ1) is 24.3. The van der Waals surface area contributed by atoms with Crippen LogP contribution in [0.15, 0.2) is 18.2 Å². The van der Waals surface area contributed by atoms with Crippen molar-refractivity contribution in [2.24, 2.45) is 5.92 Å². The summed E-state index contributed by atoms with van der Waals surface area (Å²) in [7, 11) is 0. The Morgan fingerprint density at radius 2 is 1.78 bits per heavy atom. The molecule has 2 heterocycles. The van der Waals surface area contributed by atoms with E-state index in [1.807, 2.05) is 30.6 Å². The van der Waals surface area contributed by atoms with Crippen molar-refractivity contribution in [2.45, 2.75) is 52.7 Å². The van der Waals surface area contributed by atoms with Gasteiger partial charge in [0.25, 0.3) is 5.91 Å². The van der Waals surface area contributed by atoms with Gasteiger partial charge in [-0.1, -0.05) is 13.8 Å². The molecule has 0 aromatic heterocycles. The molecule has 1 N–H and O–H groups in total. The molecule has 0 radical (unpaired) electrons. The summed E-state index contributed by atoms with van der Waals surface area (Å²) in [5, 5.41) is 3.47. The van der Waals surface area contributed by atoms with Gasteiger partial charge in [-0.15, -0.1) is 0 Å². The maximum Gasteiger partial charge on any atom is 0.410 e. The molecule has 32 heavy (non-hydrogen) atoms. The molecule has 2 aliphatic rings. The average molecular weight is 449 g/mol. The van der Waals surface area contributed by atoms with Crippen molar-refractivity contribution in [1.82, 2.24) is 15.1 Å². The van der Waals surface area contributed by atoms with E-state index >= 15 is 0 Å². The molecule has 0 saturated carbocycles. The number of hydrogen-bond acceptors (Lipinski definition) is 5. The van der Waals surface area contributed by atoms with Crippen LogP contribution in [-0.2, 0) is 4.74 Å². The van der Waals surface area contributed by atoms with Gasteiger partial charge in [0.15, 0.2) is 0 Å². The third-order valence-corrected chi connectivity index (χ3v) is 5.72. The minimum Gasteiger partial charge on any atom is -0.444 e. The number of nitrogens with zero attached hydrogens (tertiary/aromatic N) is 3. The summed E-state index contributed by atoms with van der Waals surface area (Å²) in [5.74, 6) is -0.00893. The highest BCUT2D eigenvalue weighted by atomic mass is 19.1. The van der Waals surface area contributed by atoms with E-state index in [1.54, 1.807) is 11.0 Å². The molecule has 1 aromatic carbocycles. The zero-order valence-corrected chi connectivity index (χ0v) is 20.0. The molecule has 0 aliphatic carbocycles. The summed E-state index contributed by atoms with van der Waals surface area (Å²) >= 11 is 0. The van der Waals surface area contributed by atoms with Gasteiger partial charge in [0.1, 0.15) is 11.4 Å². The quantitative estimate of drug-likeness (QED) is 0.765. The van der Waals surface area contributed by atoms with Crippen LogP contribution in [0.25, 0.3) is 0 Å². The van der Waals surface area contributed by atoms with Gasteiger partial charge in [-0.05, 0) is 51.3 Å². The largest absolute Gasteiger partial charge is 0.444 e. The smallest absolute Gasteiger partial charge is 0.410 e. The molecule has 7 nitrogen and oxygen atoms in total. The number of ether oxygens (including phenoxy) is 1. The Hall–Kier alpha value is -2.35. The van der Waals surface area contributed by atoms with Crippen LogP contribution in [0.5, 0.6) is 0 Å². The summed E-state index contributed by atoms with van der Waals surface area (Å²) in [6, 6.07) is 4.82. The first-order valence-electron chi connectivity index (χ1n) is 11.6. The van der Waals surface area contributed by atoms with Crippen LogP contribution in [0, 0.1) is 11.7 Å². The molecule has 1 atom stereocenters. The molecule has 2 saturated heterocycles. The van der Waals surface area contributed by atoms with Gasteiger partial charge in [-0.25, -0.2) is 9.18 Å². The fourth-order valence-corrected chi connectivity index (χ4v) is 4.27. The summed E-state index contributed by atoms with van der Waals surface area (Å²) in [5.41, 5.74) is 0.510. The van der Waals surface area contributed by atoms with Gasteiger partial charge >= 0.3 is 6.09 Å². The third-order valence-electron chi connectivity index (χ3n) is 5.72. The van der Waals surface area contributed by atoms with Crippen molar-refractivity contribution < 1.29 is 18.7 Å². The number of hydrogen-bond donors (Lipinski definition) is 1. The van der Waals surface area contributed by atoms with Crippen molar-refractivity contribution in [2.75, 3.05) is 50.7 Å². The van der Waals surface area contributed by atoms with Gasteiger partial charge in [-0.3, -0.25) is 4.79 Å². The van der Waals surface area contributed by atoms with Gasteiger partial charge in [-0.2, -0.15) is 0 Å². The van der Waals surface area contributed by atoms with Crippen molar-refractivity contribution in [1.29, 1.82) is 0 Å². The number of rotatable bonds is 4. The zero-order valence-electron chi connectivity index (χ0n) is 20.0. The number of halogens is 1. The Kier molecular flexibility index (Phi) is 7.64. The zero-order chi connectivity index (χ0) is 23.5. The lowest BCUT2D eigenvalue weighted by molar-refractivity contribution is 0.0240. The van der Waals surface area contributed by atoms with E-state index in [0.29, 0.717) is 56.4 Å². The molecule has 2 fully saturated rings. The SMILES string of the molecule is CC(C)C[C@H]1CN(C(=O)c2cc(F)cc(N3CCN(C(=O)OC(C)(C)C)CC3)c2)CCN1. The third kappa shape index (κ3) is 6.58. The second-order valence-corrected chi connectivity index (χ2v) is 10.2. The van der Waals surface area contributed by atoms with Crippen molar-refractivity contribution in [3.05, 3.63) is 29.6 Å². The van der Waals surface area contributed by atoms with E-state index in [-0.39, 0.29) is 18.0 Å². The predicted octanol–water partition coefficient (Wildman–Crippen LogP) is 3.34. The molecular weight excluding hydrogens is 411 g/mol. The van der Waals surface area contributed by atoms with Crippen LogP contribution in [0.4, 0.5) is 14.9 Å². The summed E-state index contributed by atoms with van der Waals surface area (Å²) in [6.07, 6.45) is 0.669. The second-order valence-electron chi connectivity index (χ2n) is 10.2. The molecule has 0 bridgehead atoms. The van der Waals surface area contributed by atoms with Gasteiger partial charge in [0.05, 0.1) is 0 Å². The number of amides is 2. The van der Waals surface area contributed by atoms with E-state index in [1.165, 1.54) is 12.1 Å². The molecule has 8 heteroatoms. The lowest BCUT2D eigenvalue weighted by Crippen LogP contribution is -2.53. The Morgan fingerprint density at radius 1 is 1.09 bits per heavy atom. The topological polar surface area (TPSA) is 65.1 Å². The Bertz CT molecular complexity index is 816. The highest BCUT2D eigenvalue weighted by Gasteiger charge is 2.28. The van der Waals surface area contributed by atoms with Crippen molar-refractivity contribution in [3.63, 3.8) is 0 Å². The fourth-order valence-electron chi connectivity index (χ4n) is 4.27. The Labute approximate surface area is 190 Å². The first-order chi connectivity index (χ1) is 15.0. The minimum absolute atomic E-state index is 0.131. The maximum absolute atomic E-state index is 14.5. The number of carbonyl (C=O) groups is 2. The fraction of sp³-hybridized carbons (Fsp3) is 0.667. The lowest BCUT2D eigenvalue weighted by Gasteiger charge is -2.37. The molecule has 0 spiro atoms. The van der Waals surface area contributed by atoms with Crippen LogP contribution < -0.4 is 10.2 Å². The molecular formula is C24H37FN4O3. The highest BCUT2D eigenvalue weighted by Crippen LogP contribution is 2.23. The monoisotopic (exact) mass is 448 g/mol. The maximum atomic E-state index is 14.5. The van der Waals surface area contributed by atoms with E-state index in [4.69, 9.17) is 4.74 Å². The van der Waals surface area contributed by atoms with Gasteiger partial charge in [0, 0.05) is 63.1 Å². The average Bonchev–Trinajstić information content (AvgIpc) is 2.71. The van der Waals surface area contributed by atoms with Crippen LogP contribution in [0.2, 0.25) is 0 Å². The molecule has 1 aromatic rings. The van der Waals surface area contributed by atoms with Crippen LogP contribution in [0.1, 0.15) is 51.4 Å². The van der Waals surface area contributed by atoms with E-state index in [2.05, 4.69) is 19.2 Å². The van der Waals surface area contributed by atoms with E-state index < -0.39 is 11.4 Å². The van der Waals surface area contributed by atoms with E-state index in [9.17, 15) is 14.0 Å². The molecule has 2 amide bonds. The number of anilines is 1. The van der Waals surface area contributed by atoms with Crippen LogP contribution in [0.3, 0.4) is 0 Å². The van der Waals surface area contributed by atoms with Gasteiger partial charge in [0.2, 0.25) is 0 Å². The van der Waals surface area contributed by atoms with Crippen LogP contribution >= 0.6 is 0 Å². The Morgan fingerprint density at radius 3 is 2.41 bits per heavy atom. The Balaban J connectivity index is 1.65. The summed E-state index contributed by atoms with van der Waals surface area (Å²) < 4.78 is 19.9. The van der Waals surface area contributed by atoms with Crippen molar-refractivity contribution >= 4 is 17.7 Å². The normalized spacial score (nSPS) is 20.0. The lowest BCUT2D eigenvalue weighted by atomic mass is 10.0. The van der Waals surface area contributed by atoms with Crippen molar-refractivity contribution in [3.8, 4) is 0 Å². The van der Waals surface area contributed by atoms with Gasteiger partial charge < -0.3 is 24.8 Å². The summed E-state index contributed by atoms with van der Waals surface area (Å²) in [6.45, 7) is 14.0. The number of benzene rings is 1. The molecule has 3 rings (SSSR count). The first-order valence-corrected chi connectivity index (χ1v) is 11.6.